The maximum Gasteiger partial charge on any atom is 0.250 e. The second kappa shape index (κ2) is 10.7. The molecule has 0 radical (unpaired) electrons. The monoisotopic (exact) mass is 540 g/mol. The van der Waals surface area contributed by atoms with Gasteiger partial charge in [0.15, 0.2) is 11.5 Å². The van der Waals surface area contributed by atoms with Gasteiger partial charge >= 0.3 is 0 Å². The number of hydrogen-bond acceptors (Lipinski definition) is 10. The van der Waals surface area contributed by atoms with Crippen molar-refractivity contribution in [1.82, 2.24) is 19.7 Å². The van der Waals surface area contributed by atoms with Gasteiger partial charge in [0.1, 0.15) is 34.9 Å². The van der Waals surface area contributed by atoms with Crippen LogP contribution < -0.4 is 4.31 Å². The molecule has 0 spiro atoms. The zero-order chi connectivity index (χ0) is 27.4. The number of aliphatic hydroxyl groups excluding tert-OH is 1. The Morgan fingerprint density at radius 1 is 1.21 bits per heavy atom. The highest BCUT2D eigenvalue weighted by Crippen LogP contribution is 2.37. The summed E-state index contributed by atoms with van der Waals surface area (Å²) in [4.78, 5) is 7.96. The number of para-hydroxylation sites is 1. The lowest BCUT2D eigenvalue weighted by Crippen LogP contribution is -2.33. The van der Waals surface area contributed by atoms with Crippen molar-refractivity contribution in [3.05, 3.63) is 83.7 Å². The number of phenolic OH excluding ortho intramolecular Hbond substituents is 2. The highest BCUT2D eigenvalue weighted by Gasteiger charge is 2.33. The Hall–Kier alpha value is -4.74. The van der Waals surface area contributed by atoms with E-state index in [0.717, 1.165) is 29.1 Å². The molecule has 4 rings (SSSR count). The standard InChI is InChI=1S/C24H21FN6O6S/c1-3-12-30(38(35,36)14-20(34)16-11-10-15(25)13-26-16)24-29-28-23(17-6-4-9-21(27-17)37-2)31(24)22-18(32)7-5-8-19(22)33/h3,5,7-13,20,32-34H,14H2,1-2H3/b12-3+/t20-/m1/s1. The van der Waals surface area contributed by atoms with Gasteiger partial charge in [-0.3, -0.25) is 9.55 Å². The molecule has 196 valence electrons. The zero-order valence-electron chi connectivity index (χ0n) is 20.0. The SMILES string of the molecule is C/C=C/N(c1nnc(C2=C=C=CC(OC)=N2)n1-c1c(O)cccc1O)S(=O)(=O)C[C@@H](O)c1ccc(F)cn1. The number of methoxy groups -OCH3 is 1. The van der Waals surface area contributed by atoms with E-state index in [1.807, 2.05) is 0 Å². The van der Waals surface area contributed by atoms with E-state index in [1.54, 1.807) is 6.92 Å². The van der Waals surface area contributed by atoms with Crippen LogP contribution in [0.3, 0.4) is 0 Å². The molecule has 12 nitrogen and oxygen atoms in total. The van der Waals surface area contributed by atoms with E-state index in [1.165, 1.54) is 37.5 Å². The fourth-order valence-electron chi connectivity index (χ4n) is 3.44. The number of aliphatic imine (C=N–C) groups is 1. The topological polar surface area (TPSA) is 163 Å². The quantitative estimate of drug-likeness (QED) is 0.364. The minimum absolute atomic E-state index is 0.0131. The first-order chi connectivity index (χ1) is 18.2. The van der Waals surface area contributed by atoms with Crippen molar-refractivity contribution < 1.29 is 32.9 Å². The zero-order valence-corrected chi connectivity index (χ0v) is 20.8. The van der Waals surface area contributed by atoms with Crippen molar-refractivity contribution in [2.75, 3.05) is 17.2 Å². The van der Waals surface area contributed by atoms with Crippen molar-refractivity contribution in [2.45, 2.75) is 13.0 Å². The molecule has 3 heterocycles. The second-order valence-electron chi connectivity index (χ2n) is 7.69. The number of aromatic nitrogens is 4. The first-order valence-corrected chi connectivity index (χ1v) is 12.5. The molecule has 1 aromatic carbocycles. The summed E-state index contributed by atoms with van der Waals surface area (Å²) >= 11 is 0. The minimum atomic E-state index is -4.42. The van der Waals surface area contributed by atoms with E-state index >= 15 is 0 Å². The lowest BCUT2D eigenvalue weighted by atomic mass is 10.2. The number of aromatic hydroxyl groups is 2. The summed E-state index contributed by atoms with van der Waals surface area (Å²) in [6.45, 7) is 1.55. The normalized spacial score (nSPS) is 13.9. The van der Waals surface area contributed by atoms with E-state index in [2.05, 4.69) is 31.6 Å². The molecule has 1 atom stereocenters. The summed E-state index contributed by atoms with van der Waals surface area (Å²) in [5.74, 6) is -2.72. The summed E-state index contributed by atoms with van der Waals surface area (Å²) in [7, 11) is -3.04. The van der Waals surface area contributed by atoms with Gasteiger partial charge in [0.2, 0.25) is 21.9 Å². The van der Waals surface area contributed by atoms with Gasteiger partial charge in [-0.25, -0.2) is 22.1 Å². The largest absolute Gasteiger partial charge is 0.506 e. The molecule has 14 heteroatoms. The molecule has 0 aliphatic carbocycles. The van der Waals surface area contributed by atoms with Crippen LogP contribution in [0.25, 0.3) is 11.4 Å². The van der Waals surface area contributed by atoms with Crippen LogP contribution >= 0.6 is 0 Å². The molecule has 38 heavy (non-hydrogen) atoms. The molecular weight excluding hydrogens is 519 g/mol. The summed E-state index contributed by atoms with van der Waals surface area (Å²) in [5, 5.41) is 39.9. The number of anilines is 1. The number of rotatable bonds is 8. The lowest BCUT2D eigenvalue weighted by molar-refractivity contribution is 0.196. The molecule has 3 aromatic rings. The third-order valence-electron chi connectivity index (χ3n) is 5.13. The molecular formula is C24H21FN6O6S. The van der Waals surface area contributed by atoms with Gasteiger partial charge in [-0.15, -0.1) is 10.2 Å². The number of halogens is 1. The van der Waals surface area contributed by atoms with Gasteiger partial charge in [-0.2, -0.15) is 0 Å². The smallest absolute Gasteiger partial charge is 0.250 e. The van der Waals surface area contributed by atoms with Crippen LogP contribution in [-0.4, -0.2) is 62.2 Å². The van der Waals surface area contributed by atoms with Crippen LogP contribution in [0.15, 0.2) is 71.3 Å². The highest BCUT2D eigenvalue weighted by molar-refractivity contribution is 7.92. The molecule has 0 fully saturated rings. The van der Waals surface area contributed by atoms with Crippen molar-refractivity contribution in [1.29, 1.82) is 0 Å². The van der Waals surface area contributed by atoms with Gasteiger partial charge in [-0.05, 0) is 36.9 Å². The number of nitrogens with zero attached hydrogens (tertiary/aromatic N) is 6. The molecule has 0 bridgehead atoms. The van der Waals surface area contributed by atoms with E-state index in [4.69, 9.17) is 4.74 Å². The maximum absolute atomic E-state index is 13.5. The Balaban J connectivity index is 1.89. The van der Waals surface area contributed by atoms with E-state index in [9.17, 15) is 28.1 Å². The molecule has 0 amide bonds. The predicted octanol–water partition coefficient (Wildman–Crippen LogP) is 2.33. The lowest BCUT2D eigenvalue weighted by Gasteiger charge is -2.22. The number of sulfonamides is 1. The summed E-state index contributed by atoms with van der Waals surface area (Å²) < 4.78 is 47.2. The number of benzene rings is 1. The van der Waals surface area contributed by atoms with Gasteiger partial charge in [0.25, 0.3) is 0 Å². The molecule has 1 aliphatic rings. The predicted molar refractivity (Wildman–Crippen MR) is 134 cm³/mol. The molecule has 1 aliphatic heterocycles. The second-order valence-corrected chi connectivity index (χ2v) is 9.58. The first kappa shape index (κ1) is 26.3. The highest BCUT2D eigenvalue weighted by atomic mass is 32.2. The Kier molecular flexibility index (Phi) is 7.42. The van der Waals surface area contributed by atoms with Crippen LogP contribution in [0.2, 0.25) is 0 Å². The number of allylic oxidation sites excluding steroid dienone is 1. The number of aliphatic hydroxyl groups is 1. The summed E-state index contributed by atoms with van der Waals surface area (Å²) in [6.07, 6.45) is 3.19. The van der Waals surface area contributed by atoms with E-state index in [0.29, 0.717) is 4.31 Å². The fraction of sp³-hybridized carbons (Fsp3) is 0.167. The number of hydrogen-bond donors (Lipinski definition) is 3. The number of pyridine rings is 1. The third-order valence-corrected chi connectivity index (χ3v) is 6.75. The van der Waals surface area contributed by atoms with Gasteiger partial charge in [-0.1, -0.05) is 17.9 Å². The van der Waals surface area contributed by atoms with Crippen LogP contribution in [0.4, 0.5) is 10.3 Å². The average Bonchev–Trinajstić information content (AvgIpc) is 3.31. The Labute approximate surface area is 216 Å². The van der Waals surface area contributed by atoms with Crippen molar-refractivity contribution in [3.8, 4) is 17.2 Å². The van der Waals surface area contributed by atoms with Crippen molar-refractivity contribution in [2.24, 2.45) is 4.99 Å². The molecule has 0 unspecified atom stereocenters. The number of phenols is 2. The minimum Gasteiger partial charge on any atom is -0.506 e. The maximum atomic E-state index is 13.5. The Bertz CT molecular complexity index is 1610. The molecule has 3 N–H and O–H groups in total. The van der Waals surface area contributed by atoms with Crippen LogP contribution in [-0.2, 0) is 14.8 Å². The Morgan fingerprint density at radius 3 is 2.58 bits per heavy atom. The number of ether oxygens (including phenoxy) is 1. The van der Waals surface area contributed by atoms with Crippen LogP contribution in [0, 0.1) is 5.82 Å². The Morgan fingerprint density at radius 2 is 1.95 bits per heavy atom. The third kappa shape index (κ3) is 5.19. The summed E-state index contributed by atoms with van der Waals surface area (Å²) in [5.41, 5.74) is 5.12. The summed E-state index contributed by atoms with van der Waals surface area (Å²) in [6, 6.07) is 6.14. The van der Waals surface area contributed by atoms with E-state index < -0.39 is 39.2 Å². The molecule has 0 saturated carbocycles. The van der Waals surface area contributed by atoms with Crippen molar-refractivity contribution in [3.63, 3.8) is 0 Å². The fourth-order valence-corrected chi connectivity index (χ4v) is 4.85. The van der Waals surface area contributed by atoms with Gasteiger partial charge in [0.05, 0.1) is 25.1 Å². The van der Waals surface area contributed by atoms with Crippen LogP contribution in [0.1, 0.15) is 24.5 Å². The van der Waals surface area contributed by atoms with E-state index in [-0.39, 0.29) is 34.7 Å². The van der Waals surface area contributed by atoms with Gasteiger partial charge < -0.3 is 20.1 Å². The first-order valence-electron chi connectivity index (χ1n) is 10.9. The average molecular weight is 541 g/mol. The van der Waals surface area contributed by atoms with Crippen LogP contribution in [0.5, 0.6) is 11.5 Å². The molecule has 0 saturated heterocycles. The van der Waals surface area contributed by atoms with Crippen molar-refractivity contribution >= 4 is 27.6 Å². The molecule has 2 aromatic heterocycles. The van der Waals surface area contributed by atoms with Gasteiger partial charge in [0, 0.05) is 6.20 Å².